The van der Waals surface area contributed by atoms with Crippen molar-refractivity contribution in [1.82, 2.24) is 14.8 Å². The van der Waals surface area contributed by atoms with Crippen LogP contribution in [0, 0.1) is 0 Å². The molecule has 24 heavy (non-hydrogen) atoms. The third kappa shape index (κ3) is 4.81. The lowest BCUT2D eigenvalue weighted by Crippen LogP contribution is -2.14. The Kier molecular flexibility index (Phi) is 7.25. The summed E-state index contributed by atoms with van der Waals surface area (Å²) in [6.45, 7) is 4.66. The second kappa shape index (κ2) is 9.42. The third-order valence-electron chi connectivity index (χ3n) is 3.62. The van der Waals surface area contributed by atoms with Gasteiger partial charge in [-0.25, -0.2) is 0 Å². The van der Waals surface area contributed by atoms with E-state index in [0.717, 1.165) is 32.1 Å². The molecule has 6 heteroatoms. The topological polar surface area (TPSA) is 57.0 Å². The molecule has 1 aromatic carbocycles. The van der Waals surface area contributed by atoms with Gasteiger partial charge in [-0.2, -0.15) is 9.67 Å². The molecule has 0 saturated heterocycles. The summed E-state index contributed by atoms with van der Waals surface area (Å²) >= 11 is 6.26. The number of benzene rings is 1. The van der Waals surface area contributed by atoms with Gasteiger partial charge in [0.05, 0.1) is 11.6 Å². The van der Waals surface area contributed by atoms with E-state index in [-0.39, 0.29) is 11.9 Å². The Morgan fingerprint density at radius 3 is 2.67 bits per heavy atom. The van der Waals surface area contributed by atoms with E-state index in [9.17, 15) is 4.79 Å². The van der Waals surface area contributed by atoms with Gasteiger partial charge in [0.1, 0.15) is 0 Å². The number of unbranched alkanes of at least 4 members (excludes halogenated alkanes) is 3. The molecule has 0 aliphatic heterocycles. The molecule has 2 rings (SSSR count). The van der Waals surface area contributed by atoms with Crippen LogP contribution < -0.4 is 4.74 Å². The number of carbonyl (C=O) groups excluding carboxylic acids is 1. The highest BCUT2D eigenvalue weighted by atomic mass is 35.5. The van der Waals surface area contributed by atoms with Crippen molar-refractivity contribution in [2.24, 2.45) is 0 Å². The number of aromatic nitrogens is 3. The summed E-state index contributed by atoms with van der Waals surface area (Å²) in [7, 11) is 0. The summed E-state index contributed by atoms with van der Waals surface area (Å²) in [4.78, 5) is 16.9. The van der Waals surface area contributed by atoms with Crippen LogP contribution in [0.3, 0.4) is 0 Å². The predicted octanol–water partition coefficient (Wildman–Crippen LogP) is 5.00. The summed E-state index contributed by atoms with van der Waals surface area (Å²) in [6, 6.07) is 7.52. The lowest BCUT2D eigenvalue weighted by Gasteiger charge is -2.05. The quantitative estimate of drug-likeness (QED) is 0.598. The van der Waals surface area contributed by atoms with E-state index >= 15 is 0 Å². The molecule has 0 aliphatic carbocycles. The minimum Gasteiger partial charge on any atom is -0.462 e. The Balaban J connectivity index is 2.25. The Hall–Kier alpha value is -1.88. The molecule has 0 atom stereocenters. The van der Waals surface area contributed by atoms with Gasteiger partial charge in [-0.1, -0.05) is 56.8 Å². The Bertz CT molecular complexity index is 670. The highest BCUT2D eigenvalue weighted by Gasteiger charge is 2.19. The molecule has 0 radical (unpaired) electrons. The van der Waals surface area contributed by atoms with E-state index in [1.54, 1.807) is 6.07 Å². The monoisotopic (exact) mass is 349 g/mol. The van der Waals surface area contributed by atoms with Gasteiger partial charge < -0.3 is 4.74 Å². The van der Waals surface area contributed by atoms with Crippen molar-refractivity contribution in [2.75, 3.05) is 6.61 Å². The van der Waals surface area contributed by atoms with Crippen molar-refractivity contribution in [2.45, 2.75) is 52.4 Å². The number of hydrogen-bond donors (Lipinski definition) is 0. The Labute approximate surface area is 148 Å². The lowest BCUT2D eigenvalue weighted by atomic mass is 10.1. The molecule has 1 aromatic heterocycles. The molecule has 0 unspecified atom stereocenters. The first-order valence-electron chi connectivity index (χ1n) is 8.55. The number of halogens is 1. The van der Waals surface area contributed by atoms with E-state index in [1.807, 2.05) is 25.1 Å². The van der Waals surface area contributed by atoms with Gasteiger partial charge in [-0.05, 0) is 25.0 Å². The Morgan fingerprint density at radius 1 is 1.17 bits per heavy atom. The highest BCUT2D eigenvalue weighted by molar-refractivity contribution is 6.33. The van der Waals surface area contributed by atoms with Crippen LogP contribution in [-0.2, 0) is 0 Å². The number of nitrogens with zero attached hydrogens (tertiary/aromatic N) is 3. The second-order valence-electron chi connectivity index (χ2n) is 5.66. The largest absolute Gasteiger partial charge is 0.462 e. The summed E-state index contributed by atoms with van der Waals surface area (Å²) in [6.07, 6.45) is 5.44. The SMILES string of the molecule is CCCCCCC(=O)n1nc(OCCC)nc1-c1ccccc1Cl. The van der Waals surface area contributed by atoms with Gasteiger partial charge in [0.15, 0.2) is 5.82 Å². The molecule has 0 fully saturated rings. The van der Waals surface area contributed by atoms with Crippen molar-refractivity contribution >= 4 is 17.5 Å². The maximum atomic E-state index is 12.6. The van der Waals surface area contributed by atoms with Gasteiger partial charge in [-0.3, -0.25) is 4.79 Å². The lowest BCUT2D eigenvalue weighted by molar-refractivity contribution is 0.0883. The second-order valence-corrected chi connectivity index (χ2v) is 6.07. The molecule has 0 N–H and O–H groups in total. The number of ether oxygens (including phenoxy) is 1. The van der Waals surface area contributed by atoms with Gasteiger partial charge in [0.2, 0.25) is 5.91 Å². The zero-order valence-corrected chi connectivity index (χ0v) is 15.1. The minimum absolute atomic E-state index is 0.0835. The molecule has 0 aliphatic rings. The van der Waals surface area contributed by atoms with E-state index in [2.05, 4.69) is 17.0 Å². The van der Waals surface area contributed by atoms with E-state index in [0.29, 0.717) is 29.4 Å². The van der Waals surface area contributed by atoms with Crippen molar-refractivity contribution < 1.29 is 9.53 Å². The first-order valence-corrected chi connectivity index (χ1v) is 8.93. The van der Waals surface area contributed by atoms with Crippen LogP contribution in [0.15, 0.2) is 24.3 Å². The van der Waals surface area contributed by atoms with E-state index < -0.39 is 0 Å². The summed E-state index contributed by atoms with van der Waals surface area (Å²) < 4.78 is 6.82. The van der Waals surface area contributed by atoms with Crippen molar-refractivity contribution in [1.29, 1.82) is 0 Å². The number of hydrogen-bond acceptors (Lipinski definition) is 4. The predicted molar refractivity (Wildman–Crippen MR) is 95.6 cm³/mol. The minimum atomic E-state index is -0.0835. The van der Waals surface area contributed by atoms with Crippen LogP contribution in [0.25, 0.3) is 11.4 Å². The van der Waals surface area contributed by atoms with Crippen LogP contribution in [0.5, 0.6) is 6.01 Å². The third-order valence-corrected chi connectivity index (χ3v) is 3.95. The molecule has 2 aromatic rings. The average Bonchev–Trinajstić information content (AvgIpc) is 3.01. The number of carbonyl (C=O) groups is 1. The maximum Gasteiger partial charge on any atom is 0.336 e. The first-order chi connectivity index (χ1) is 11.7. The van der Waals surface area contributed by atoms with Gasteiger partial charge >= 0.3 is 6.01 Å². The van der Waals surface area contributed by atoms with Crippen LogP contribution >= 0.6 is 11.6 Å². The fourth-order valence-electron chi connectivity index (χ4n) is 2.35. The van der Waals surface area contributed by atoms with Crippen LogP contribution in [0.4, 0.5) is 0 Å². The number of rotatable bonds is 9. The summed E-state index contributed by atoms with van der Waals surface area (Å²) in [5.41, 5.74) is 0.680. The van der Waals surface area contributed by atoms with Crippen molar-refractivity contribution in [3.05, 3.63) is 29.3 Å². The highest BCUT2D eigenvalue weighted by Crippen LogP contribution is 2.27. The molecule has 0 spiro atoms. The first kappa shape index (κ1) is 18.5. The molecule has 130 valence electrons. The fourth-order valence-corrected chi connectivity index (χ4v) is 2.57. The Morgan fingerprint density at radius 2 is 1.96 bits per heavy atom. The molecule has 0 bridgehead atoms. The van der Waals surface area contributed by atoms with Crippen LogP contribution in [-0.4, -0.2) is 27.3 Å². The maximum absolute atomic E-state index is 12.6. The molecular formula is C18H24ClN3O2. The van der Waals surface area contributed by atoms with E-state index in [4.69, 9.17) is 16.3 Å². The average molecular weight is 350 g/mol. The molecule has 0 amide bonds. The van der Waals surface area contributed by atoms with Gasteiger partial charge in [-0.15, -0.1) is 5.10 Å². The summed E-state index contributed by atoms with van der Waals surface area (Å²) in [5, 5.41) is 4.77. The normalized spacial score (nSPS) is 10.8. The van der Waals surface area contributed by atoms with Gasteiger partial charge in [0.25, 0.3) is 0 Å². The smallest absolute Gasteiger partial charge is 0.336 e. The van der Waals surface area contributed by atoms with Crippen LogP contribution in [0.1, 0.15) is 57.2 Å². The van der Waals surface area contributed by atoms with Gasteiger partial charge in [0, 0.05) is 12.0 Å². The zero-order valence-electron chi connectivity index (χ0n) is 14.3. The molecule has 1 heterocycles. The molecular weight excluding hydrogens is 326 g/mol. The molecule has 0 saturated carbocycles. The fraction of sp³-hybridized carbons (Fsp3) is 0.500. The zero-order chi connectivity index (χ0) is 17.4. The molecule has 5 nitrogen and oxygen atoms in total. The summed E-state index contributed by atoms with van der Waals surface area (Å²) in [5.74, 6) is 0.354. The van der Waals surface area contributed by atoms with Crippen molar-refractivity contribution in [3.8, 4) is 17.4 Å². The standard InChI is InChI=1S/C18H24ClN3O2/c1-3-5-6-7-12-16(23)22-17(14-10-8-9-11-15(14)19)20-18(21-22)24-13-4-2/h8-11H,3-7,12-13H2,1-2H3. The van der Waals surface area contributed by atoms with Crippen LogP contribution in [0.2, 0.25) is 5.02 Å². The van der Waals surface area contributed by atoms with Crippen molar-refractivity contribution in [3.63, 3.8) is 0 Å². The van der Waals surface area contributed by atoms with E-state index in [1.165, 1.54) is 4.68 Å².